The molecule has 0 atom stereocenters. The van der Waals surface area contributed by atoms with Crippen LogP contribution in [0.5, 0.6) is 0 Å². The van der Waals surface area contributed by atoms with Gasteiger partial charge >= 0.3 is 12.1 Å². The second kappa shape index (κ2) is 4.86. The lowest BCUT2D eigenvalue weighted by Gasteiger charge is -2.20. The van der Waals surface area contributed by atoms with Gasteiger partial charge in [0.05, 0.1) is 11.3 Å². The van der Waals surface area contributed by atoms with E-state index < -0.39 is 17.7 Å². The van der Waals surface area contributed by atoms with E-state index in [4.69, 9.17) is 9.84 Å². The summed E-state index contributed by atoms with van der Waals surface area (Å²) in [5, 5.41) is 11.3. The maximum Gasteiger partial charge on any atom is 0.412 e. The predicted octanol–water partition coefficient (Wildman–Crippen LogP) is 2.73. The van der Waals surface area contributed by atoms with Crippen LogP contribution in [-0.4, -0.2) is 22.8 Å². The first-order valence-corrected chi connectivity index (χ1v) is 5.12. The zero-order chi connectivity index (χ0) is 13.1. The molecule has 0 saturated carbocycles. The number of carboxylic acids is 1. The van der Waals surface area contributed by atoms with Crippen molar-refractivity contribution in [3.63, 3.8) is 0 Å². The van der Waals surface area contributed by atoms with Gasteiger partial charge < -0.3 is 9.84 Å². The fraction of sp³-hybridized carbons (Fsp3) is 0.333. The first-order chi connectivity index (χ1) is 7.79. The molecule has 0 spiro atoms. The molecule has 0 bridgehead atoms. The van der Waals surface area contributed by atoms with E-state index in [2.05, 4.69) is 5.32 Å². The monoisotopic (exact) mass is 243 g/mol. The summed E-state index contributed by atoms with van der Waals surface area (Å²) in [5.41, 5.74) is -0.380. The molecule has 0 saturated heterocycles. The lowest BCUT2D eigenvalue weighted by atomic mass is 10.2. The Morgan fingerprint density at radius 2 is 1.82 bits per heavy atom. The van der Waals surface area contributed by atoms with Crippen LogP contribution >= 0.6 is 0 Å². The molecule has 92 valence electrons. The number of anilines is 1. The number of para-hydroxylation sites is 1. The van der Waals surface area contributed by atoms with E-state index in [1.807, 2.05) is 0 Å². The quantitative estimate of drug-likeness (QED) is 0.783. The van der Waals surface area contributed by atoms with E-state index in [1.165, 1.54) is 12.1 Å². The fourth-order valence-electron chi connectivity index (χ4n) is 1.19. The van der Waals surface area contributed by atoms with Crippen LogP contribution in [0.25, 0.3) is 0 Å². The number of carboxylic acid groups (broad SMARTS) is 1. The third kappa shape index (κ3) is 4.14. The standard InChI is InChI=1S/C12H15NO4/c1-12(2,3)17-11(16)13-9-7-5-4-6-8(9)10(14)15/h4-7H,1-3H3,(H,13,16)(H,14,15)/i4+1,5+1,7+1,8+1,9+1,10+1. The molecule has 1 amide bonds. The number of amides is 1. The molecule has 1 aromatic rings. The van der Waals surface area contributed by atoms with E-state index in [0.29, 0.717) is 0 Å². The Kier molecular flexibility index (Phi) is 3.73. The molecule has 0 aliphatic heterocycles. The Balaban J connectivity index is 2.82. The van der Waals surface area contributed by atoms with Crippen LogP contribution in [0.15, 0.2) is 24.3 Å². The molecule has 17 heavy (non-hydrogen) atoms. The lowest BCUT2D eigenvalue weighted by Crippen LogP contribution is -2.27. The number of hydrogen-bond donors (Lipinski definition) is 2. The van der Waals surface area contributed by atoms with Crippen LogP contribution in [0.4, 0.5) is 10.5 Å². The summed E-state index contributed by atoms with van der Waals surface area (Å²) in [6.45, 7) is 5.20. The lowest BCUT2D eigenvalue weighted by molar-refractivity contribution is 0.0636. The second-order valence-corrected chi connectivity index (χ2v) is 4.48. The van der Waals surface area contributed by atoms with Crippen LogP contribution in [0.1, 0.15) is 31.1 Å². The van der Waals surface area contributed by atoms with Crippen LogP contribution in [0.3, 0.4) is 0 Å². The molecule has 0 fully saturated rings. The molecule has 0 aromatic heterocycles. The average molecular weight is 243 g/mol. The molecule has 1 rings (SSSR count). The summed E-state index contributed by atoms with van der Waals surface area (Å²) in [7, 11) is 0. The highest BCUT2D eigenvalue weighted by Crippen LogP contribution is 2.16. The summed E-state index contributed by atoms with van der Waals surface area (Å²) < 4.78 is 5.03. The Morgan fingerprint density at radius 3 is 2.35 bits per heavy atom. The van der Waals surface area contributed by atoms with Crippen molar-refractivity contribution in [3.8, 4) is 0 Å². The average Bonchev–Trinajstić information content (AvgIpc) is 2.14. The van der Waals surface area contributed by atoms with Gasteiger partial charge in [-0.05, 0) is 32.9 Å². The van der Waals surface area contributed by atoms with Crippen molar-refractivity contribution >= 4 is 17.7 Å². The van der Waals surface area contributed by atoms with Gasteiger partial charge in [-0.1, -0.05) is 12.1 Å². The molecular weight excluding hydrogens is 228 g/mol. The van der Waals surface area contributed by atoms with Crippen molar-refractivity contribution in [2.45, 2.75) is 26.4 Å². The predicted molar refractivity (Wildman–Crippen MR) is 63.3 cm³/mol. The third-order valence-electron chi connectivity index (χ3n) is 1.79. The molecular formula is C12H15NO4. The summed E-state index contributed by atoms with van der Waals surface area (Å²) >= 11 is 0. The zero-order valence-corrected chi connectivity index (χ0v) is 9.98. The van der Waals surface area contributed by atoms with Gasteiger partial charge in [0.2, 0.25) is 0 Å². The van der Waals surface area contributed by atoms with E-state index in [0.717, 1.165) is 0 Å². The van der Waals surface area contributed by atoms with Gasteiger partial charge in [0.1, 0.15) is 5.60 Å². The van der Waals surface area contributed by atoms with Crippen molar-refractivity contribution in [1.82, 2.24) is 0 Å². The number of ether oxygens (including phenoxy) is 1. The van der Waals surface area contributed by atoms with E-state index in [1.54, 1.807) is 32.9 Å². The van der Waals surface area contributed by atoms with Crippen molar-refractivity contribution in [3.05, 3.63) is 29.8 Å². The molecule has 0 aliphatic carbocycles. The minimum atomic E-state index is -1.10. The van der Waals surface area contributed by atoms with Gasteiger partial charge in [-0.2, -0.15) is 0 Å². The largest absolute Gasteiger partial charge is 0.478 e. The number of benzene rings is 1. The van der Waals surface area contributed by atoms with Crippen molar-refractivity contribution in [2.24, 2.45) is 0 Å². The molecule has 2 N–H and O–H groups in total. The normalized spacial score (nSPS) is 10.8. The Morgan fingerprint density at radius 1 is 1.24 bits per heavy atom. The third-order valence-corrected chi connectivity index (χ3v) is 1.79. The number of rotatable bonds is 2. The molecule has 0 heterocycles. The summed E-state index contributed by atoms with van der Waals surface area (Å²) in [6.07, 6.45) is -0.675. The van der Waals surface area contributed by atoms with E-state index in [9.17, 15) is 9.59 Å². The fourth-order valence-corrected chi connectivity index (χ4v) is 1.19. The van der Waals surface area contributed by atoms with Gasteiger partial charge in [0.25, 0.3) is 0 Å². The van der Waals surface area contributed by atoms with Gasteiger partial charge in [0.15, 0.2) is 0 Å². The maximum atomic E-state index is 11.5. The zero-order valence-electron chi connectivity index (χ0n) is 9.98. The Bertz CT molecular complexity index is 434. The van der Waals surface area contributed by atoms with Crippen molar-refractivity contribution in [1.29, 1.82) is 0 Å². The molecule has 5 nitrogen and oxygen atoms in total. The molecule has 5 heteroatoms. The second-order valence-electron chi connectivity index (χ2n) is 4.48. The highest BCUT2D eigenvalue weighted by Gasteiger charge is 2.18. The minimum Gasteiger partial charge on any atom is -0.478 e. The maximum absolute atomic E-state index is 11.5. The van der Waals surface area contributed by atoms with Crippen LogP contribution in [-0.2, 0) is 4.74 Å². The first-order valence-electron chi connectivity index (χ1n) is 5.12. The molecule has 0 unspecified atom stereocenters. The smallest absolute Gasteiger partial charge is 0.412 e. The Labute approximate surface area is 99.4 Å². The SMILES string of the molecule is CC(C)(C)OC(=O)N[13c]1[13cH][13cH][13cH]c[13c]1[13C](=O)O. The summed E-state index contributed by atoms with van der Waals surface area (Å²) in [4.78, 5) is 22.4. The van der Waals surface area contributed by atoms with Crippen LogP contribution in [0, 0.1) is 0 Å². The highest BCUT2D eigenvalue weighted by molar-refractivity contribution is 5.98. The first kappa shape index (κ1) is 13.0. The molecule has 0 radical (unpaired) electrons. The van der Waals surface area contributed by atoms with Crippen molar-refractivity contribution in [2.75, 3.05) is 5.32 Å². The topological polar surface area (TPSA) is 75.6 Å². The van der Waals surface area contributed by atoms with Gasteiger partial charge in [-0.3, -0.25) is 5.32 Å². The van der Waals surface area contributed by atoms with Gasteiger partial charge in [0, 0.05) is 0 Å². The van der Waals surface area contributed by atoms with E-state index >= 15 is 0 Å². The van der Waals surface area contributed by atoms with Crippen LogP contribution in [0.2, 0.25) is 0 Å². The van der Waals surface area contributed by atoms with Gasteiger partial charge in [-0.25, -0.2) is 9.59 Å². The number of hydrogen-bond acceptors (Lipinski definition) is 3. The molecule has 1 aromatic carbocycles. The minimum absolute atomic E-state index is 0.0263. The van der Waals surface area contributed by atoms with Crippen molar-refractivity contribution < 1.29 is 19.4 Å². The van der Waals surface area contributed by atoms with Gasteiger partial charge in [-0.15, -0.1) is 0 Å². The number of aromatic carboxylic acids is 1. The number of nitrogens with one attached hydrogen (secondary N) is 1. The Hall–Kier alpha value is -2.04. The summed E-state index contributed by atoms with van der Waals surface area (Å²) in [6, 6.07) is 6.14. The highest BCUT2D eigenvalue weighted by atomic mass is 16.6. The summed E-state index contributed by atoms with van der Waals surface area (Å²) in [5.74, 6) is -1.10. The van der Waals surface area contributed by atoms with Crippen LogP contribution < -0.4 is 5.32 Å². The molecule has 0 aliphatic rings. The van der Waals surface area contributed by atoms with E-state index in [-0.39, 0.29) is 11.3 Å². The number of carbonyl (C=O) groups is 2. The number of carbonyl (C=O) groups excluding carboxylic acids is 1.